The van der Waals surface area contributed by atoms with Gasteiger partial charge >= 0.3 is 10.1 Å². The fraction of sp³-hybridized carbons (Fsp3) is 0.435. The largest absolute Gasteiger partial charge is 0.493 e. The number of aliphatic hydroxyl groups is 2. The van der Waals surface area contributed by atoms with E-state index in [1.807, 2.05) is 13.0 Å². The molecule has 0 amide bonds. The van der Waals surface area contributed by atoms with Gasteiger partial charge in [0.25, 0.3) is 0 Å². The van der Waals surface area contributed by atoms with Crippen molar-refractivity contribution in [2.45, 2.75) is 30.8 Å². The molecule has 1 saturated heterocycles. The molecular weight excluding hydrogens is 462 g/mol. The smallest absolute Gasteiger partial charge is 0.339 e. The number of ether oxygens (including phenoxy) is 2. The van der Waals surface area contributed by atoms with Gasteiger partial charge in [-0.25, -0.2) is 0 Å². The predicted molar refractivity (Wildman–Crippen MR) is 126 cm³/mol. The number of hydrogen-bond acceptors (Lipinski definition) is 9. The molecule has 0 aromatic heterocycles. The number of likely N-dealkylation sites (tertiary alicyclic amines) is 1. The van der Waals surface area contributed by atoms with Gasteiger partial charge in [0.05, 0.1) is 13.2 Å². The van der Waals surface area contributed by atoms with Crippen LogP contribution in [0.15, 0.2) is 52.5 Å². The number of hydrazone groups is 1. The van der Waals surface area contributed by atoms with Gasteiger partial charge in [0, 0.05) is 25.2 Å². The Morgan fingerprint density at radius 2 is 1.88 bits per heavy atom. The summed E-state index contributed by atoms with van der Waals surface area (Å²) in [6, 6.07) is 10.7. The maximum Gasteiger partial charge on any atom is 0.339 e. The van der Waals surface area contributed by atoms with Crippen molar-refractivity contribution < 1.29 is 32.3 Å². The third-order valence-corrected chi connectivity index (χ3v) is 6.59. The summed E-state index contributed by atoms with van der Waals surface area (Å²) in [5, 5.41) is 21.8. The number of aryl methyl sites for hydroxylation is 1. The molecule has 3 rings (SSSR count). The maximum absolute atomic E-state index is 12.8. The topological polar surface area (TPSA) is 144 Å². The molecular formula is C23H31N3O7S. The second-order valence-corrected chi connectivity index (χ2v) is 9.74. The van der Waals surface area contributed by atoms with E-state index in [1.165, 1.54) is 18.2 Å². The Hall–Kier alpha value is -3.02. The van der Waals surface area contributed by atoms with E-state index in [0.717, 1.165) is 31.5 Å². The van der Waals surface area contributed by atoms with Crippen molar-refractivity contribution >= 4 is 16.5 Å². The number of piperidine rings is 1. The van der Waals surface area contributed by atoms with Crippen LogP contribution in [0.5, 0.6) is 17.2 Å². The van der Waals surface area contributed by atoms with Crippen LogP contribution < -0.4 is 19.5 Å². The van der Waals surface area contributed by atoms with Gasteiger partial charge in [-0.1, -0.05) is 6.07 Å². The number of nitrogens with zero attached hydrogens (tertiary/aromatic N) is 2. The minimum Gasteiger partial charge on any atom is -0.493 e. The molecule has 1 atom stereocenters. The Kier molecular flexibility index (Phi) is 8.97. The van der Waals surface area contributed by atoms with Gasteiger partial charge in [-0.15, -0.1) is 0 Å². The number of benzene rings is 2. The van der Waals surface area contributed by atoms with E-state index in [0.29, 0.717) is 18.3 Å². The Morgan fingerprint density at radius 3 is 2.59 bits per heavy atom. The van der Waals surface area contributed by atoms with Crippen LogP contribution in [0.4, 0.5) is 0 Å². The molecule has 10 nitrogen and oxygen atoms in total. The van der Waals surface area contributed by atoms with Gasteiger partial charge in [-0.3, -0.25) is 0 Å². The summed E-state index contributed by atoms with van der Waals surface area (Å²) < 4.78 is 42.3. The standard InChI is InChI=1S/C23H31N3O7S/c1-17-9-21(31-14-18-5-7-26(8-6-18)16-25-24)11-22(10-17)33-34(29,30)23-4-2-3-20(12-23)32-15-19(28)13-27/h2-4,9-12,16,18-19,27-28H,5-8,13-15,24H2,1H3. The second kappa shape index (κ2) is 11.9. The first kappa shape index (κ1) is 25.6. The highest BCUT2D eigenvalue weighted by Crippen LogP contribution is 2.28. The van der Waals surface area contributed by atoms with E-state index in [1.54, 1.807) is 24.5 Å². The molecule has 0 saturated carbocycles. The van der Waals surface area contributed by atoms with Gasteiger partial charge in [0.2, 0.25) is 0 Å². The zero-order chi connectivity index (χ0) is 24.6. The molecule has 0 spiro atoms. The first-order valence-electron chi connectivity index (χ1n) is 11.0. The summed E-state index contributed by atoms with van der Waals surface area (Å²) in [6.45, 7) is 3.44. The predicted octanol–water partition coefficient (Wildman–Crippen LogP) is 1.49. The third kappa shape index (κ3) is 7.51. The van der Waals surface area contributed by atoms with E-state index in [2.05, 4.69) is 10.0 Å². The molecule has 4 N–H and O–H groups in total. The van der Waals surface area contributed by atoms with Crippen LogP contribution in [-0.2, 0) is 10.1 Å². The molecule has 0 aliphatic carbocycles. The van der Waals surface area contributed by atoms with Crippen molar-refractivity contribution in [1.29, 1.82) is 0 Å². The van der Waals surface area contributed by atoms with Crippen LogP contribution in [0.2, 0.25) is 0 Å². The van der Waals surface area contributed by atoms with Crippen LogP contribution in [0.1, 0.15) is 18.4 Å². The molecule has 34 heavy (non-hydrogen) atoms. The van der Waals surface area contributed by atoms with Crippen molar-refractivity contribution in [2.75, 3.05) is 32.9 Å². The highest BCUT2D eigenvalue weighted by Gasteiger charge is 2.20. The van der Waals surface area contributed by atoms with E-state index in [4.69, 9.17) is 24.6 Å². The van der Waals surface area contributed by atoms with Crippen LogP contribution in [0, 0.1) is 12.8 Å². The minimum absolute atomic E-state index is 0.0970. The number of nitrogens with two attached hydrogens (primary N) is 1. The van der Waals surface area contributed by atoms with Gasteiger partial charge in [0.1, 0.15) is 41.2 Å². The quantitative estimate of drug-likeness (QED) is 0.139. The Bertz CT molecular complexity index is 1070. The Morgan fingerprint density at radius 1 is 1.15 bits per heavy atom. The molecule has 2 aromatic carbocycles. The van der Waals surface area contributed by atoms with Crippen molar-refractivity contribution in [2.24, 2.45) is 16.9 Å². The summed E-state index contributed by atoms with van der Waals surface area (Å²) in [6.07, 6.45) is 2.48. The Labute approximate surface area is 199 Å². The molecule has 1 aliphatic rings. The average molecular weight is 494 g/mol. The highest BCUT2D eigenvalue weighted by molar-refractivity contribution is 7.87. The lowest BCUT2D eigenvalue weighted by Crippen LogP contribution is -2.34. The zero-order valence-corrected chi connectivity index (χ0v) is 19.9. The fourth-order valence-electron chi connectivity index (χ4n) is 3.53. The van der Waals surface area contributed by atoms with Gasteiger partial charge in [-0.05, 0) is 55.5 Å². The van der Waals surface area contributed by atoms with Gasteiger partial charge < -0.3 is 34.6 Å². The Balaban J connectivity index is 1.63. The molecule has 0 bridgehead atoms. The van der Waals surface area contributed by atoms with E-state index >= 15 is 0 Å². The van der Waals surface area contributed by atoms with Crippen molar-refractivity contribution in [3.8, 4) is 17.2 Å². The number of hydrogen-bond donors (Lipinski definition) is 3. The van der Waals surface area contributed by atoms with E-state index < -0.39 is 22.8 Å². The molecule has 2 aromatic rings. The summed E-state index contributed by atoms with van der Waals surface area (Å²) in [5.74, 6) is 6.49. The average Bonchev–Trinajstić information content (AvgIpc) is 2.82. The molecule has 186 valence electrons. The van der Waals surface area contributed by atoms with Crippen molar-refractivity contribution in [1.82, 2.24) is 4.90 Å². The van der Waals surface area contributed by atoms with Crippen LogP contribution in [0.25, 0.3) is 0 Å². The summed E-state index contributed by atoms with van der Waals surface area (Å²) in [5.41, 5.74) is 0.798. The maximum atomic E-state index is 12.8. The SMILES string of the molecule is Cc1cc(OCC2CCN(C=NN)CC2)cc(OS(=O)(=O)c2cccc(OCC(O)CO)c2)c1. The number of aliphatic hydroxyl groups excluding tert-OH is 2. The van der Waals surface area contributed by atoms with E-state index in [9.17, 15) is 13.5 Å². The summed E-state index contributed by atoms with van der Waals surface area (Å²) >= 11 is 0. The first-order chi connectivity index (χ1) is 16.3. The highest BCUT2D eigenvalue weighted by atomic mass is 32.2. The second-order valence-electron chi connectivity index (χ2n) is 8.20. The first-order valence-corrected chi connectivity index (χ1v) is 12.4. The van der Waals surface area contributed by atoms with E-state index in [-0.39, 0.29) is 23.0 Å². The lowest BCUT2D eigenvalue weighted by atomic mass is 9.98. The summed E-state index contributed by atoms with van der Waals surface area (Å²) in [4.78, 5) is 1.97. The third-order valence-electron chi connectivity index (χ3n) is 5.34. The molecule has 11 heteroatoms. The van der Waals surface area contributed by atoms with Gasteiger partial charge in [-0.2, -0.15) is 13.5 Å². The normalized spacial score (nSPS) is 15.9. The zero-order valence-electron chi connectivity index (χ0n) is 19.0. The lowest BCUT2D eigenvalue weighted by Gasteiger charge is -2.30. The molecule has 1 fully saturated rings. The molecule has 0 radical (unpaired) electrons. The van der Waals surface area contributed by atoms with Gasteiger partial charge in [0.15, 0.2) is 0 Å². The summed E-state index contributed by atoms with van der Waals surface area (Å²) in [7, 11) is -4.14. The van der Waals surface area contributed by atoms with Crippen LogP contribution >= 0.6 is 0 Å². The minimum atomic E-state index is -4.14. The van der Waals surface area contributed by atoms with Crippen LogP contribution in [0.3, 0.4) is 0 Å². The molecule has 1 aliphatic heterocycles. The fourth-order valence-corrected chi connectivity index (χ4v) is 4.48. The molecule has 1 heterocycles. The monoisotopic (exact) mass is 493 g/mol. The molecule has 1 unspecified atom stereocenters. The van der Waals surface area contributed by atoms with Crippen molar-refractivity contribution in [3.63, 3.8) is 0 Å². The lowest BCUT2D eigenvalue weighted by molar-refractivity contribution is 0.0535. The van der Waals surface area contributed by atoms with Crippen LogP contribution in [-0.4, -0.2) is 68.9 Å². The van der Waals surface area contributed by atoms with Crippen molar-refractivity contribution in [3.05, 3.63) is 48.0 Å². The number of rotatable bonds is 11.